The Labute approximate surface area is 147 Å². The van der Waals surface area contributed by atoms with Gasteiger partial charge in [0.25, 0.3) is 0 Å². The fourth-order valence-corrected chi connectivity index (χ4v) is 4.35. The lowest BCUT2D eigenvalue weighted by atomic mass is 10.1. The van der Waals surface area contributed by atoms with Gasteiger partial charge in [-0.1, -0.05) is 6.07 Å². The van der Waals surface area contributed by atoms with E-state index in [1.165, 1.54) is 0 Å². The Balaban J connectivity index is 3.91. The highest BCUT2D eigenvalue weighted by Gasteiger charge is 2.66. The molecule has 1 heterocycles. The highest BCUT2D eigenvalue weighted by atomic mass is 32.1. The van der Waals surface area contributed by atoms with Crippen LogP contribution in [0.4, 0.5) is 35.1 Å². The van der Waals surface area contributed by atoms with Gasteiger partial charge in [-0.25, -0.2) is 0 Å². The monoisotopic (exact) mass is 432 g/mol. The van der Waals surface area contributed by atoms with E-state index in [-0.39, 0.29) is 11.3 Å². The molecule has 0 amide bonds. The van der Waals surface area contributed by atoms with E-state index in [0.29, 0.717) is 6.07 Å². The minimum atomic E-state index is -6.16. The van der Waals surface area contributed by atoms with Gasteiger partial charge in [-0.05, 0) is 25.3 Å². The molecule has 0 saturated carbocycles. The SMILES string of the molecule is CCOP(=O)(OCC)C(F)(F)/C(=C(\c1cccs1)C(F)(F)F)C(F)(F)F. The third kappa shape index (κ3) is 4.65. The standard InChI is InChI=1S/C13H13F8O3PS/c1-3-23-25(22,24-4-2)13(20,21)10(12(17,18)19)9(11(14,15)16)8-6-5-7-26-8/h5-7H,3-4H2,1-2H3/b10-9+. The fraction of sp³-hybridized carbons (Fsp3) is 0.538. The summed E-state index contributed by atoms with van der Waals surface area (Å²) in [5.41, 5.74) is -11.5. The number of halogens is 8. The summed E-state index contributed by atoms with van der Waals surface area (Å²) >= 11 is 0.173. The van der Waals surface area contributed by atoms with E-state index in [9.17, 15) is 39.7 Å². The van der Waals surface area contributed by atoms with Crippen LogP contribution < -0.4 is 0 Å². The molecule has 0 unspecified atom stereocenters. The van der Waals surface area contributed by atoms with Gasteiger partial charge in [-0.3, -0.25) is 4.57 Å². The highest BCUT2D eigenvalue weighted by Crippen LogP contribution is 2.68. The molecule has 1 aromatic rings. The molecule has 13 heteroatoms. The van der Waals surface area contributed by atoms with Crippen LogP contribution in [-0.2, 0) is 13.6 Å². The van der Waals surface area contributed by atoms with Crippen molar-refractivity contribution in [3.05, 3.63) is 28.0 Å². The van der Waals surface area contributed by atoms with Crippen LogP contribution in [0.25, 0.3) is 5.57 Å². The first-order valence-electron chi connectivity index (χ1n) is 6.92. The van der Waals surface area contributed by atoms with Gasteiger partial charge in [0.2, 0.25) is 0 Å². The number of hydrogen-bond donors (Lipinski definition) is 0. The second-order valence-electron chi connectivity index (χ2n) is 4.60. The molecular formula is C13H13F8O3PS. The van der Waals surface area contributed by atoms with Crippen LogP contribution in [0.5, 0.6) is 0 Å². The minimum Gasteiger partial charge on any atom is -0.304 e. The molecule has 0 radical (unpaired) electrons. The lowest BCUT2D eigenvalue weighted by Gasteiger charge is -2.30. The number of thiophene rings is 1. The second kappa shape index (κ2) is 7.95. The summed E-state index contributed by atoms with van der Waals surface area (Å²) < 4.78 is 130. The molecule has 0 bridgehead atoms. The third-order valence-electron chi connectivity index (χ3n) is 2.83. The van der Waals surface area contributed by atoms with E-state index in [0.717, 1.165) is 25.3 Å². The van der Waals surface area contributed by atoms with Gasteiger partial charge in [0.05, 0.1) is 18.8 Å². The molecule has 3 nitrogen and oxygen atoms in total. The van der Waals surface area contributed by atoms with Crippen molar-refractivity contribution in [3.8, 4) is 0 Å². The lowest BCUT2D eigenvalue weighted by molar-refractivity contribution is -0.125. The fourth-order valence-electron chi connectivity index (χ4n) is 1.96. The van der Waals surface area contributed by atoms with Gasteiger partial charge >= 0.3 is 25.6 Å². The zero-order valence-electron chi connectivity index (χ0n) is 13.3. The Kier molecular flexibility index (Phi) is 7.06. The van der Waals surface area contributed by atoms with Crippen molar-refractivity contribution >= 4 is 24.5 Å². The first kappa shape index (κ1) is 23.1. The molecule has 0 aliphatic rings. The molecule has 0 spiro atoms. The van der Waals surface area contributed by atoms with E-state index in [1.807, 2.05) is 0 Å². The van der Waals surface area contributed by atoms with Gasteiger partial charge in [0.1, 0.15) is 5.57 Å². The van der Waals surface area contributed by atoms with Crippen LogP contribution in [0.1, 0.15) is 18.7 Å². The van der Waals surface area contributed by atoms with Crippen molar-refractivity contribution < 1.29 is 48.7 Å². The molecule has 150 valence electrons. The van der Waals surface area contributed by atoms with Crippen molar-refractivity contribution in [1.29, 1.82) is 0 Å². The van der Waals surface area contributed by atoms with Gasteiger partial charge in [0, 0.05) is 4.88 Å². The Morgan fingerprint density at radius 1 is 1.00 bits per heavy atom. The van der Waals surface area contributed by atoms with Crippen molar-refractivity contribution in [1.82, 2.24) is 0 Å². The molecule has 1 aromatic heterocycles. The predicted molar refractivity (Wildman–Crippen MR) is 79.2 cm³/mol. The zero-order valence-corrected chi connectivity index (χ0v) is 15.0. The highest BCUT2D eigenvalue weighted by molar-refractivity contribution is 7.55. The quantitative estimate of drug-likeness (QED) is 0.365. The summed E-state index contributed by atoms with van der Waals surface area (Å²) in [6.45, 7) is 0.530. The first-order chi connectivity index (χ1) is 11.7. The van der Waals surface area contributed by atoms with Crippen LogP contribution in [0.3, 0.4) is 0 Å². The molecule has 0 aliphatic carbocycles. The Bertz CT molecular complexity index is 669. The van der Waals surface area contributed by atoms with E-state index >= 15 is 0 Å². The van der Waals surface area contributed by atoms with Crippen molar-refractivity contribution in [2.45, 2.75) is 31.9 Å². The summed E-state index contributed by atoms with van der Waals surface area (Å²) in [6.07, 6.45) is -12.0. The van der Waals surface area contributed by atoms with Gasteiger partial charge in [-0.2, -0.15) is 35.1 Å². The van der Waals surface area contributed by atoms with Crippen molar-refractivity contribution in [3.63, 3.8) is 0 Å². The molecule has 0 saturated heterocycles. The molecule has 0 aliphatic heterocycles. The van der Waals surface area contributed by atoms with E-state index in [4.69, 9.17) is 0 Å². The van der Waals surface area contributed by atoms with Crippen LogP contribution in [0.2, 0.25) is 0 Å². The van der Waals surface area contributed by atoms with Crippen LogP contribution in [-0.4, -0.2) is 31.2 Å². The van der Waals surface area contributed by atoms with Crippen LogP contribution in [0.15, 0.2) is 23.1 Å². The average molecular weight is 432 g/mol. The Morgan fingerprint density at radius 3 is 1.81 bits per heavy atom. The molecule has 1 rings (SSSR count). The molecule has 0 N–H and O–H groups in total. The topological polar surface area (TPSA) is 35.5 Å². The predicted octanol–water partition coefficient (Wildman–Crippen LogP) is 6.49. The van der Waals surface area contributed by atoms with Crippen LogP contribution in [0, 0.1) is 0 Å². The maximum Gasteiger partial charge on any atom is 0.419 e. The van der Waals surface area contributed by atoms with Gasteiger partial charge in [-0.15, -0.1) is 11.3 Å². The van der Waals surface area contributed by atoms with Gasteiger partial charge < -0.3 is 9.05 Å². The van der Waals surface area contributed by atoms with Crippen LogP contribution >= 0.6 is 18.9 Å². The second-order valence-corrected chi connectivity index (χ2v) is 7.62. The number of alkyl halides is 8. The van der Waals surface area contributed by atoms with Gasteiger partial charge in [0.15, 0.2) is 0 Å². The van der Waals surface area contributed by atoms with E-state index in [2.05, 4.69) is 9.05 Å². The third-order valence-corrected chi connectivity index (χ3v) is 5.82. The summed E-state index contributed by atoms with van der Waals surface area (Å²) in [5, 5.41) is 0.984. The smallest absolute Gasteiger partial charge is 0.304 e. The van der Waals surface area contributed by atoms with Crippen molar-refractivity contribution in [2.24, 2.45) is 0 Å². The lowest BCUT2D eigenvalue weighted by Crippen LogP contribution is -2.35. The number of allylic oxidation sites excluding steroid dienone is 2. The summed E-state index contributed by atoms with van der Waals surface area (Å²) in [6, 6.07) is 1.56. The largest absolute Gasteiger partial charge is 0.419 e. The summed E-state index contributed by atoms with van der Waals surface area (Å²) in [4.78, 5) is -1.11. The normalized spacial score (nSPS) is 15.2. The minimum absolute atomic E-state index is 0.173. The van der Waals surface area contributed by atoms with E-state index < -0.39 is 54.8 Å². The zero-order chi connectivity index (χ0) is 20.4. The molecule has 0 aromatic carbocycles. The molecule has 0 atom stereocenters. The Hall–Kier alpha value is -0.970. The number of hydrogen-bond acceptors (Lipinski definition) is 4. The molecule has 0 fully saturated rings. The first-order valence-corrected chi connectivity index (χ1v) is 9.34. The average Bonchev–Trinajstić information content (AvgIpc) is 2.95. The molecule has 26 heavy (non-hydrogen) atoms. The van der Waals surface area contributed by atoms with E-state index in [1.54, 1.807) is 0 Å². The summed E-state index contributed by atoms with van der Waals surface area (Å²) in [5.74, 6) is 0. The van der Waals surface area contributed by atoms with Crippen molar-refractivity contribution in [2.75, 3.05) is 13.2 Å². The molecular weight excluding hydrogens is 419 g/mol. The number of rotatable bonds is 7. The maximum atomic E-state index is 14.6. The Morgan fingerprint density at radius 2 is 1.50 bits per heavy atom. The maximum absolute atomic E-state index is 14.6. The summed E-state index contributed by atoms with van der Waals surface area (Å²) in [7, 11) is -5.91.